The van der Waals surface area contributed by atoms with Crippen molar-refractivity contribution in [3.8, 4) is 5.75 Å². The third kappa shape index (κ3) is 1.27. The van der Waals surface area contributed by atoms with Crippen LogP contribution < -0.4 is 4.74 Å². The van der Waals surface area contributed by atoms with E-state index in [0.717, 1.165) is 12.2 Å². The smallest absolute Gasteiger partial charge is 0.120 e. The molecule has 1 aromatic heterocycles. The molecule has 0 amide bonds. The molecule has 0 atom stereocenters. The van der Waals surface area contributed by atoms with Crippen LogP contribution in [0.1, 0.15) is 12.6 Å². The largest absolute Gasteiger partial charge is 0.497 e. The fraction of sp³-hybridized carbons (Fsp3) is 0.333. The summed E-state index contributed by atoms with van der Waals surface area (Å²) in [4.78, 5) is 0. The van der Waals surface area contributed by atoms with Crippen LogP contribution in [0.2, 0.25) is 0 Å². The molecule has 0 spiro atoms. The van der Waals surface area contributed by atoms with Crippen LogP contribution >= 0.6 is 0 Å². The molecule has 2 aromatic rings. The van der Waals surface area contributed by atoms with Crippen LogP contribution in [0.5, 0.6) is 5.75 Å². The molecule has 1 heterocycles. The first-order valence-electron chi connectivity index (χ1n) is 4.88. The molecule has 0 aliphatic rings. The summed E-state index contributed by atoms with van der Waals surface area (Å²) in [5, 5.41) is 1.28. The molecule has 0 aliphatic heterocycles. The Kier molecular flexibility index (Phi) is 2.20. The number of fused-ring (bicyclic) bond motifs is 1. The van der Waals surface area contributed by atoms with Gasteiger partial charge in [0.1, 0.15) is 5.75 Å². The molecule has 0 radical (unpaired) electrons. The van der Waals surface area contributed by atoms with E-state index in [4.69, 9.17) is 4.74 Å². The van der Waals surface area contributed by atoms with Gasteiger partial charge in [-0.25, -0.2) is 0 Å². The average Bonchev–Trinajstić information content (AvgIpc) is 2.55. The summed E-state index contributed by atoms with van der Waals surface area (Å²) in [6.45, 7) is 2.17. The van der Waals surface area contributed by atoms with Crippen molar-refractivity contribution >= 4 is 10.9 Å². The first-order valence-corrected chi connectivity index (χ1v) is 4.88. The minimum atomic E-state index is 0.918. The molecule has 2 rings (SSSR count). The van der Waals surface area contributed by atoms with E-state index in [9.17, 15) is 0 Å². The van der Waals surface area contributed by atoms with Crippen LogP contribution in [0.25, 0.3) is 10.9 Å². The normalized spacial score (nSPS) is 10.8. The molecular formula is C12H15NO. The maximum absolute atomic E-state index is 5.21. The van der Waals surface area contributed by atoms with Crippen LogP contribution in [-0.4, -0.2) is 11.7 Å². The summed E-state index contributed by atoms with van der Waals surface area (Å²) in [6, 6.07) is 8.42. The number of benzene rings is 1. The van der Waals surface area contributed by atoms with E-state index in [-0.39, 0.29) is 0 Å². The SMILES string of the molecule is CCc1cc2ccc(OC)cc2n1C. The second-order valence-corrected chi connectivity index (χ2v) is 3.47. The highest BCUT2D eigenvalue weighted by atomic mass is 16.5. The zero-order chi connectivity index (χ0) is 10.1. The molecule has 14 heavy (non-hydrogen) atoms. The van der Waals surface area contributed by atoms with E-state index in [1.807, 2.05) is 6.07 Å². The number of ether oxygens (including phenoxy) is 1. The van der Waals surface area contributed by atoms with Gasteiger partial charge in [-0.3, -0.25) is 0 Å². The van der Waals surface area contributed by atoms with Gasteiger partial charge < -0.3 is 9.30 Å². The lowest BCUT2D eigenvalue weighted by Crippen LogP contribution is -1.93. The Hall–Kier alpha value is -1.44. The Morgan fingerprint density at radius 2 is 2.07 bits per heavy atom. The fourth-order valence-electron chi connectivity index (χ4n) is 1.83. The molecular weight excluding hydrogens is 174 g/mol. The highest BCUT2D eigenvalue weighted by Crippen LogP contribution is 2.23. The molecule has 2 nitrogen and oxygen atoms in total. The minimum Gasteiger partial charge on any atom is -0.497 e. The van der Waals surface area contributed by atoms with Gasteiger partial charge in [0, 0.05) is 24.2 Å². The number of aryl methyl sites for hydroxylation is 2. The molecule has 1 aromatic carbocycles. The summed E-state index contributed by atoms with van der Waals surface area (Å²) in [5.74, 6) is 0.918. The van der Waals surface area contributed by atoms with Crippen LogP contribution in [0.15, 0.2) is 24.3 Å². The van der Waals surface area contributed by atoms with Crippen molar-refractivity contribution in [2.24, 2.45) is 7.05 Å². The molecule has 0 saturated carbocycles. The van der Waals surface area contributed by atoms with Gasteiger partial charge in [-0.1, -0.05) is 6.92 Å². The van der Waals surface area contributed by atoms with Crippen LogP contribution in [0, 0.1) is 0 Å². The zero-order valence-corrected chi connectivity index (χ0v) is 8.87. The quantitative estimate of drug-likeness (QED) is 0.708. The van der Waals surface area contributed by atoms with Crippen molar-refractivity contribution in [1.82, 2.24) is 4.57 Å². The van der Waals surface area contributed by atoms with Gasteiger partial charge in [0.25, 0.3) is 0 Å². The molecule has 0 bridgehead atoms. The van der Waals surface area contributed by atoms with Crippen molar-refractivity contribution in [2.75, 3.05) is 7.11 Å². The Bertz CT molecular complexity index is 457. The minimum absolute atomic E-state index is 0.918. The standard InChI is InChI=1S/C12H15NO/c1-4-10-7-9-5-6-11(14-3)8-12(9)13(10)2/h5-8H,4H2,1-3H3. The van der Waals surface area contributed by atoms with Gasteiger partial charge in [-0.2, -0.15) is 0 Å². The van der Waals surface area contributed by atoms with Gasteiger partial charge in [0.2, 0.25) is 0 Å². The van der Waals surface area contributed by atoms with E-state index in [2.05, 4.69) is 36.7 Å². The third-order valence-electron chi connectivity index (χ3n) is 2.71. The summed E-state index contributed by atoms with van der Waals surface area (Å²) < 4.78 is 7.43. The molecule has 74 valence electrons. The highest BCUT2D eigenvalue weighted by molar-refractivity contribution is 5.82. The topological polar surface area (TPSA) is 14.2 Å². The molecule has 0 fully saturated rings. The van der Waals surface area contributed by atoms with Crippen molar-refractivity contribution in [1.29, 1.82) is 0 Å². The Balaban J connectivity index is 2.68. The lowest BCUT2D eigenvalue weighted by Gasteiger charge is -2.02. The molecule has 0 N–H and O–H groups in total. The lowest BCUT2D eigenvalue weighted by atomic mass is 10.2. The first-order chi connectivity index (χ1) is 6.76. The number of hydrogen-bond donors (Lipinski definition) is 0. The van der Waals surface area contributed by atoms with E-state index < -0.39 is 0 Å². The van der Waals surface area contributed by atoms with Crippen LogP contribution in [0.3, 0.4) is 0 Å². The van der Waals surface area contributed by atoms with Crippen LogP contribution in [-0.2, 0) is 13.5 Å². The third-order valence-corrected chi connectivity index (χ3v) is 2.71. The average molecular weight is 189 g/mol. The van der Waals surface area contributed by atoms with Crippen molar-refractivity contribution in [2.45, 2.75) is 13.3 Å². The maximum atomic E-state index is 5.21. The van der Waals surface area contributed by atoms with Crippen molar-refractivity contribution < 1.29 is 4.74 Å². The monoisotopic (exact) mass is 189 g/mol. The molecule has 0 saturated heterocycles. The predicted octanol–water partition coefficient (Wildman–Crippen LogP) is 2.75. The van der Waals surface area contributed by atoms with Gasteiger partial charge in [0.15, 0.2) is 0 Å². The maximum Gasteiger partial charge on any atom is 0.120 e. The molecule has 0 aliphatic carbocycles. The zero-order valence-electron chi connectivity index (χ0n) is 8.87. The van der Waals surface area contributed by atoms with Gasteiger partial charge >= 0.3 is 0 Å². The second-order valence-electron chi connectivity index (χ2n) is 3.47. The molecule has 2 heteroatoms. The summed E-state index contributed by atoms with van der Waals surface area (Å²) in [5.41, 5.74) is 2.59. The summed E-state index contributed by atoms with van der Waals surface area (Å²) >= 11 is 0. The number of aromatic nitrogens is 1. The Morgan fingerprint density at radius 1 is 1.29 bits per heavy atom. The van der Waals surface area contributed by atoms with Gasteiger partial charge in [0.05, 0.1) is 12.6 Å². The fourth-order valence-corrected chi connectivity index (χ4v) is 1.83. The Morgan fingerprint density at radius 3 is 2.71 bits per heavy atom. The highest BCUT2D eigenvalue weighted by Gasteiger charge is 2.04. The second kappa shape index (κ2) is 3.37. The van der Waals surface area contributed by atoms with Crippen molar-refractivity contribution in [3.63, 3.8) is 0 Å². The van der Waals surface area contributed by atoms with Crippen molar-refractivity contribution in [3.05, 3.63) is 30.0 Å². The van der Waals surface area contributed by atoms with E-state index in [1.54, 1.807) is 7.11 Å². The summed E-state index contributed by atoms with van der Waals surface area (Å²) in [7, 11) is 3.80. The summed E-state index contributed by atoms with van der Waals surface area (Å²) in [6.07, 6.45) is 1.06. The number of nitrogens with zero attached hydrogens (tertiary/aromatic N) is 1. The first kappa shape index (κ1) is 9.13. The number of hydrogen-bond acceptors (Lipinski definition) is 1. The number of methoxy groups -OCH3 is 1. The molecule has 0 unspecified atom stereocenters. The Labute approximate surface area is 84.1 Å². The van der Waals surface area contributed by atoms with Crippen LogP contribution in [0.4, 0.5) is 0 Å². The van der Waals surface area contributed by atoms with Gasteiger partial charge in [-0.05, 0) is 24.6 Å². The van der Waals surface area contributed by atoms with Gasteiger partial charge in [-0.15, -0.1) is 0 Å². The predicted molar refractivity (Wildman–Crippen MR) is 58.8 cm³/mol. The van der Waals surface area contributed by atoms with E-state index in [0.29, 0.717) is 0 Å². The van der Waals surface area contributed by atoms with E-state index >= 15 is 0 Å². The number of rotatable bonds is 2. The lowest BCUT2D eigenvalue weighted by molar-refractivity contribution is 0.415. The van der Waals surface area contributed by atoms with E-state index in [1.165, 1.54) is 16.6 Å².